The fourth-order valence-corrected chi connectivity index (χ4v) is 3.39. The van der Waals surface area contributed by atoms with Gasteiger partial charge in [-0.05, 0) is 46.5 Å². The number of nitrogens with zero attached hydrogens (tertiary/aromatic N) is 2. The van der Waals surface area contributed by atoms with Crippen LogP contribution in [0, 0.1) is 0 Å². The lowest BCUT2D eigenvalue weighted by atomic mass is 9.89. The smallest absolute Gasteiger partial charge is 0.135 e. The molecule has 2 N–H and O–H groups in total. The molecule has 1 aromatic carbocycles. The third kappa shape index (κ3) is 1.70. The van der Waals surface area contributed by atoms with Crippen molar-refractivity contribution in [1.29, 1.82) is 0 Å². The SMILES string of the molecule is Cn1nc(Br)c2ccc(C3(N)CCCC3)cc21. The van der Waals surface area contributed by atoms with Crippen LogP contribution < -0.4 is 5.73 Å². The first-order chi connectivity index (χ1) is 8.10. The van der Waals surface area contributed by atoms with E-state index in [-0.39, 0.29) is 5.54 Å². The number of aryl methyl sites for hydroxylation is 1. The van der Waals surface area contributed by atoms with Gasteiger partial charge in [0.15, 0.2) is 0 Å². The highest BCUT2D eigenvalue weighted by Gasteiger charge is 2.31. The molecule has 0 amide bonds. The summed E-state index contributed by atoms with van der Waals surface area (Å²) < 4.78 is 2.81. The molecule has 1 saturated carbocycles. The van der Waals surface area contributed by atoms with E-state index in [0.717, 1.165) is 28.3 Å². The predicted octanol–water partition coefficient (Wildman–Crippen LogP) is 3.06. The van der Waals surface area contributed by atoms with Gasteiger partial charge in [0, 0.05) is 18.0 Å². The molecule has 17 heavy (non-hydrogen) atoms. The molecule has 0 spiro atoms. The number of fused-ring (bicyclic) bond motifs is 1. The summed E-state index contributed by atoms with van der Waals surface area (Å²) in [5.74, 6) is 0. The Balaban J connectivity index is 2.16. The summed E-state index contributed by atoms with van der Waals surface area (Å²) >= 11 is 3.48. The van der Waals surface area contributed by atoms with Gasteiger partial charge in [-0.2, -0.15) is 5.10 Å². The van der Waals surface area contributed by atoms with E-state index in [1.54, 1.807) is 0 Å². The van der Waals surface area contributed by atoms with Crippen LogP contribution in [0.2, 0.25) is 0 Å². The molecule has 0 atom stereocenters. The minimum absolute atomic E-state index is 0.120. The van der Waals surface area contributed by atoms with E-state index in [4.69, 9.17) is 5.73 Å². The summed E-state index contributed by atoms with van der Waals surface area (Å²) in [6.45, 7) is 0. The fourth-order valence-electron chi connectivity index (χ4n) is 2.82. The summed E-state index contributed by atoms with van der Waals surface area (Å²) in [6, 6.07) is 6.47. The molecule has 1 heterocycles. The van der Waals surface area contributed by atoms with Crippen LogP contribution in [0.5, 0.6) is 0 Å². The fraction of sp³-hybridized carbons (Fsp3) is 0.462. The maximum Gasteiger partial charge on any atom is 0.135 e. The number of benzene rings is 1. The summed E-state index contributed by atoms with van der Waals surface area (Å²) in [5, 5.41) is 5.52. The van der Waals surface area contributed by atoms with Crippen molar-refractivity contribution in [2.45, 2.75) is 31.2 Å². The first-order valence-electron chi connectivity index (χ1n) is 6.02. The second kappa shape index (κ2) is 3.82. The summed E-state index contributed by atoms with van der Waals surface area (Å²) in [5.41, 5.74) is 8.76. The van der Waals surface area contributed by atoms with Gasteiger partial charge in [-0.3, -0.25) is 4.68 Å². The Morgan fingerprint density at radius 1 is 1.35 bits per heavy atom. The molecular weight excluding hydrogens is 278 g/mol. The van der Waals surface area contributed by atoms with Gasteiger partial charge in [-0.1, -0.05) is 18.9 Å². The number of rotatable bonds is 1. The van der Waals surface area contributed by atoms with Gasteiger partial charge >= 0.3 is 0 Å². The van der Waals surface area contributed by atoms with Crippen LogP contribution in [0.25, 0.3) is 10.9 Å². The largest absolute Gasteiger partial charge is 0.321 e. The van der Waals surface area contributed by atoms with Crippen molar-refractivity contribution in [3.63, 3.8) is 0 Å². The summed E-state index contributed by atoms with van der Waals surface area (Å²) in [7, 11) is 1.97. The molecule has 1 aliphatic carbocycles. The van der Waals surface area contributed by atoms with Crippen molar-refractivity contribution >= 4 is 26.8 Å². The highest BCUT2D eigenvalue weighted by atomic mass is 79.9. The Morgan fingerprint density at radius 3 is 2.76 bits per heavy atom. The molecule has 1 fully saturated rings. The minimum atomic E-state index is -0.120. The van der Waals surface area contributed by atoms with Crippen LogP contribution in [0.3, 0.4) is 0 Å². The zero-order valence-electron chi connectivity index (χ0n) is 9.91. The molecule has 1 aromatic heterocycles. The molecule has 0 unspecified atom stereocenters. The zero-order valence-corrected chi connectivity index (χ0v) is 11.5. The van der Waals surface area contributed by atoms with Crippen molar-refractivity contribution in [3.8, 4) is 0 Å². The summed E-state index contributed by atoms with van der Waals surface area (Å²) in [4.78, 5) is 0. The van der Waals surface area contributed by atoms with Gasteiger partial charge < -0.3 is 5.73 Å². The molecule has 1 aliphatic rings. The monoisotopic (exact) mass is 293 g/mol. The molecular formula is C13H16BrN3. The quantitative estimate of drug-likeness (QED) is 0.878. The van der Waals surface area contributed by atoms with Crippen molar-refractivity contribution in [3.05, 3.63) is 28.4 Å². The molecule has 3 nitrogen and oxygen atoms in total. The van der Waals surface area contributed by atoms with Gasteiger partial charge in [0.1, 0.15) is 4.60 Å². The van der Waals surface area contributed by atoms with Gasteiger partial charge in [-0.25, -0.2) is 0 Å². The van der Waals surface area contributed by atoms with Gasteiger partial charge in [0.05, 0.1) is 5.52 Å². The lowest BCUT2D eigenvalue weighted by molar-refractivity contribution is 0.462. The molecule has 2 aromatic rings. The standard InChI is InChI=1S/C13H16BrN3/c1-17-11-8-9(13(15)6-2-3-7-13)4-5-10(11)12(14)16-17/h4-5,8H,2-3,6-7,15H2,1H3. The van der Waals surface area contributed by atoms with E-state index >= 15 is 0 Å². The van der Waals surface area contributed by atoms with E-state index < -0.39 is 0 Å². The minimum Gasteiger partial charge on any atom is -0.321 e. The molecule has 3 rings (SSSR count). The Hall–Kier alpha value is -0.870. The lowest BCUT2D eigenvalue weighted by Crippen LogP contribution is -2.32. The highest BCUT2D eigenvalue weighted by Crippen LogP contribution is 2.37. The van der Waals surface area contributed by atoms with Crippen molar-refractivity contribution in [1.82, 2.24) is 9.78 Å². The molecule has 90 valence electrons. The number of aromatic nitrogens is 2. The van der Waals surface area contributed by atoms with Gasteiger partial charge in [0.2, 0.25) is 0 Å². The van der Waals surface area contributed by atoms with E-state index in [0.29, 0.717) is 0 Å². The van der Waals surface area contributed by atoms with Crippen LogP contribution in [0.15, 0.2) is 22.8 Å². The zero-order chi connectivity index (χ0) is 12.0. The van der Waals surface area contributed by atoms with Gasteiger partial charge in [-0.15, -0.1) is 0 Å². The highest BCUT2D eigenvalue weighted by molar-refractivity contribution is 9.10. The molecule has 0 bridgehead atoms. The van der Waals surface area contributed by atoms with E-state index in [9.17, 15) is 0 Å². The van der Waals surface area contributed by atoms with Crippen LogP contribution in [0.4, 0.5) is 0 Å². The lowest BCUT2D eigenvalue weighted by Gasteiger charge is -2.24. The Bertz CT molecular complexity index is 567. The van der Waals surface area contributed by atoms with E-state index in [2.05, 4.69) is 39.2 Å². The normalized spacial score (nSPS) is 19.0. The number of halogens is 1. The van der Waals surface area contributed by atoms with Crippen LogP contribution >= 0.6 is 15.9 Å². The number of hydrogen-bond acceptors (Lipinski definition) is 2. The third-order valence-corrected chi connectivity index (χ3v) is 4.46. The Kier molecular flexibility index (Phi) is 2.52. The Labute approximate surface area is 109 Å². The van der Waals surface area contributed by atoms with Crippen molar-refractivity contribution in [2.75, 3.05) is 0 Å². The third-order valence-electron chi connectivity index (χ3n) is 3.88. The number of nitrogens with two attached hydrogens (primary N) is 1. The van der Waals surface area contributed by atoms with E-state index in [1.807, 2.05) is 11.7 Å². The molecule has 0 saturated heterocycles. The maximum atomic E-state index is 6.49. The van der Waals surface area contributed by atoms with Crippen LogP contribution in [0.1, 0.15) is 31.2 Å². The van der Waals surface area contributed by atoms with E-state index in [1.165, 1.54) is 18.4 Å². The van der Waals surface area contributed by atoms with Crippen molar-refractivity contribution in [2.24, 2.45) is 12.8 Å². The second-order valence-electron chi connectivity index (χ2n) is 5.01. The van der Waals surface area contributed by atoms with Crippen LogP contribution in [-0.2, 0) is 12.6 Å². The summed E-state index contributed by atoms with van der Waals surface area (Å²) in [6.07, 6.45) is 4.67. The average Bonchev–Trinajstić information content (AvgIpc) is 2.86. The first-order valence-corrected chi connectivity index (χ1v) is 6.81. The Morgan fingerprint density at radius 2 is 2.06 bits per heavy atom. The second-order valence-corrected chi connectivity index (χ2v) is 5.76. The molecule has 0 radical (unpaired) electrons. The maximum absolute atomic E-state index is 6.49. The predicted molar refractivity (Wildman–Crippen MR) is 72.7 cm³/mol. The molecule has 4 heteroatoms. The molecule has 0 aliphatic heterocycles. The van der Waals surface area contributed by atoms with Crippen LogP contribution in [-0.4, -0.2) is 9.78 Å². The number of hydrogen-bond donors (Lipinski definition) is 1. The topological polar surface area (TPSA) is 43.8 Å². The van der Waals surface area contributed by atoms with Gasteiger partial charge in [0.25, 0.3) is 0 Å². The van der Waals surface area contributed by atoms with Crippen molar-refractivity contribution < 1.29 is 0 Å². The average molecular weight is 294 g/mol. The first kappa shape index (κ1) is 11.2.